The maximum atomic E-state index is 13.1. The molecule has 2 atom stereocenters. The van der Waals surface area contributed by atoms with Gasteiger partial charge in [0.2, 0.25) is 0 Å². The second-order valence-electron chi connectivity index (χ2n) is 5.61. The normalized spacial score (nSPS) is 25.4. The summed E-state index contributed by atoms with van der Waals surface area (Å²) in [6, 6.07) is 3.59. The first-order valence-electron chi connectivity index (χ1n) is 6.85. The first kappa shape index (κ1) is 14.8. The Hall–Kier alpha value is -1.62. The summed E-state index contributed by atoms with van der Waals surface area (Å²) in [5.74, 6) is -1.49. The van der Waals surface area contributed by atoms with E-state index in [0.29, 0.717) is 18.5 Å². The molecule has 5 heteroatoms. The van der Waals surface area contributed by atoms with Gasteiger partial charge in [-0.15, -0.1) is 0 Å². The van der Waals surface area contributed by atoms with Crippen molar-refractivity contribution in [2.45, 2.75) is 44.7 Å². The Bertz CT molecular complexity index is 520. The Balaban J connectivity index is 2.35. The fourth-order valence-electron chi connectivity index (χ4n) is 3.03. The fourth-order valence-corrected chi connectivity index (χ4v) is 3.03. The summed E-state index contributed by atoms with van der Waals surface area (Å²) in [5.41, 5.74) is -0.390. The molecule has 1 saturated heterocycles. The molecule has 2 N–H and O–H groups in total. The number of hydrogen-bond acceptors (Lipinski definition) is 3. The van der Waals surface area contributed by atoms with Crippen LogP contribution in [0.5, 0.6) is 5.75 Å². The Labute approximate surface area is 117 Å². The van der Waals surface area contributed by atoms with Gasteiger partial charge in [0.1, 0.15) is 17.1 Å². The average molecular weight is 281 g/mol. The Kier molecular flexibility index (Phi) is 3.99. The molecule has 0 bridgehead atoms. The molecular weight excluding hydrogens is 261 g/mol. The van der Waals surface area contributed by atoms with Crippen molar-refractivity contribution in [1.29, 1.82) is 0 Å². The number of aromatic hydroxyl groups is 1. The van der Waals surface area contributed by atoms with E-state index in [1.807, 2.05) is 11.8 Å². The van der Waals surface area contributed by atoms with Crippen molar-refractivity contribution in [1.82, 2.24) is 4.90 Å². The van der Waals surface area contributed by atoms with E-state index >= 15 is 0 Å². The van der Waals surface area contributed by atoms with Crippen molar-refractivity contribution >= 4 is 5.97 Å². The fraction of sp³-hybridized carbons (Fsp3) is 0.533. The van der Waals surface area contributed by atoms with Crippen molar-refractivity contribution in [3.63, 3.8) is 0 Å². The van der Waals surface area contributed by atoms with Gasteiger partial charge < -0.3 is 10.2 Å². The van der Waals surface area contributed by atoms with Crippen LogP contribution in [0.3, 0.4) is 0 Å². The van der Waals surface area contributed by atoms with E-state index in [1.54, 1.807) is 6.92 Å². The summed E-state index contributed by atoms with van der Waals surface area (Å²) in [6.07, 6.45) is 2.38. The van der Waals surface area contributed by atoms with E-state index in [4.69, 9.17) is 0 Å². The van der Waals surface area contributed by atoms with Crippen LogP contribution in [0.25, 0.3) is 0 Å². The predicted octanol–water partition coefficient (Wildman–Crippen LogP) is 2.92. The van der Waals surface area contributed by atoms with Gasteiger partial charge in [0.05, 0.1) is 0 Å². The number of nitrogens with zero attached hydrogens (tertiary/aromatic N) is 1. The van der Waals surface area contributed by atoms with E-state index in [9.17, 15) is 19.4 Å². The summed E-state index contributed by atoms with van der Waals surface area (Å²) in [6.45, 7) is 4.21. The molecule has 2 rings (SSSR count). The number of carboxylic acids is 1. The molecule has 0 spiro atoms. The van der Waals surface area contributed by atoms with Crippen molar-refractivity contribution in [2.75, 3.05) is 6.54 Å². The van der Waals surface area contributed by atoms with Crippen LogP contribution in [0.4, 0.5) is 4.39 Å². The van der Waals surface area contributed by atoms with Crippen LogP contribution in [-0.4, -0.2) is 33.2 Å². The number of halogens is 1. The lowest BCUT2D eigenvalue weighted by molar-refractivity contribution is -0.155. The lowest BCUT2D eigenvalue weighted by atomic mass is 9.86. The van der Waals surface area contributed by atoms with Gasteiger partial charge in [-0.05, 0) is 45.7 Å². The summed E-state index contributed by atoms with van der Waals surface area (Å²) >= 11 is 0. The molecule has 1 aromatic rings. The van der Waals surface area contributed by atoms with E-state index in [2.05, 4.69) is 0 Å². The maximum absolute atomic E-state index is 13.1. The molecule has 1 aromatic carbocycles. The monoisotopic (exact) mass is 281 g/mol. The molecule has 1 aliphatic heterocycles. The highest BCUT2D eigenvalue weighted by Gasteiger charge is 2.44. The van der Waals surface area contributed by atoms with Crippen LogP contribution in [-0.2, 0) is 4.79 Å². The van der Waals surface area contributed by atoms with Gasteiger partial charge in [0.15, 0.2) is 0 Å². The Morgan fingerprint density at radius 1 is 1.45 bits per heavy atom. The zero-order valence-corrected chi connectivity index (χ0v) is 11.8. The molecule has 0 aliphatic carbocycles. The molecule has 4 nitrogen and oxygen atoms in total. The van der Waals surface area contributed by atoms with E-state index in [-0.39, 0.29) is 11.8 Å². The van der Waals surface area contributed by atoms with Gasteiger partial charge >= 0.3 is 5.97 Å². The summed E-state index contributed by atoms with van der Waals surface area (Å²) in [4.78, 5) is 13.5. The molecule has 0 aromatic heterocycles. The molecular formula is C15H20FNO3. The van der Waals surface area contributed by atoms with Crippen LogP contribution >= 0.6 is 0 Å². The van der Waals surface area contributed by atoms with Crippen LogP contribution < -0.4 is 0 Å². The molecule has 0 amide bonds. The van der Waals surface area contributed by atoms with Gasteiger partial charge in [0.25, 0.3) is 0 Å². The SMILES string of the molecule is CC(c1ccc(F)cc1O)N1CCCCC1(C)C(=O)O. The van der Waals surface area contributed by atoms with Crippen molar-refractivity contribution < 1.29 is 19.4 Å². The molecule has 0 radical (unpaired) electrons. The zero-order valence-electron chi connectivity index (χ0n) is 11.8. The van der Waals surface area contributed by atoms with Crippen LogP contribution in [0.1, 0.15) is 44.7 Å². The van der Waals surface area contributed by atoms with Gasteiger partial charge in [-0.2, -0.15) is 0 Å². The number of phenolic OH excluding ortho intramolecular Hbond substituents is 1. The molecule has 2 unspecified atom stereocenters. The van der Waals surface area contributed by atoms with Crippen molar-refractivity contribution in [3.8, 4) is 5.75 Å². The van der Waals surface area contributed by atoms with Crippen LogP contribution in [0, 0.1) is 5.82 Å². The second-order valence-corrected chi connectivity index (χ2v) is 5.61. The molecule has 1 heterocycles. The lowest BCUT2D eigenvalue weighted by Crippen LogP contribution is -2.55. The minimum atomic E-state index is -0.946. The van der Waals surface area contributed by atoms with E-state index in [1.165, 1.54) is 12.1 Å². The smallest absolute Gasteiger partial charge is 0.323 e. The highest BCUT2D eigenvalue weighted by molar-refractivity contribution is 5.78. The maximum Gasteiger partial charge on any atom is 0.323 e. The lowest BCUT2D eigenvalue weighted by Gasteiger charge is -2.45. The molecule has 1 fully saturated rings. The molecule has 1 aliphatic rings. The molecule has 110 valence electrons. The first-order valence-corrected chi connectivity index (χ1v) is 6.85. The number of piperidine rings is 1. The van der Waals surface area contributed by atoms with Gasteiger partial charge in [0, 0.05) is 17.7 Å². The van der Waals surface area contributed by atoms with E-state index < -0.39 is 17.3 Å². The van der Waals surface area contributed by atoms with Gasteiger partial charge in [-0.1, -0.05) is 6.07 Å². The third-order valence-electron chi connectivity index (χ3n) is 4.32. The average Bonchev–Trinajstić information content (AvgIpc) is 2.38. The summed E-state index contributed by atoms with van der Waals surface area (Å²) in [5, 5.41) is 19.4. The number of likely N-dealkylation sites (tertiary alicyclic amines) is 1. The standard InChI is InChI=1S/C15H20FNO3/c1-10(12-6-5-11(16)9-13(12)18)17-8-4-3-7-15(17,2)14(19)20/h5-6,9-10,18H,3-4,7-8H2,1-2H3,(H,19,20). The van der Waals surface area contributed by atoms with Crippen molar-refractivity contribution in [2.24, 2.45) is 0 Å². The second kappa shape index (κ2) is 5.40. The third kappa shape index (κ3) is 2.50. The number of rotatable bonds is 3. The number of carboxylic acid groups (broad SMARTS) is 1. The quantitative estimate of drug-likeness (QED) is 0.894. The topological polar surface area (TPSA) is 60.8 Å². The largest absolute Gasteiger partial charge is 0.508 e. The minimum absolute atomic E-state index is 0.129. The van der Waals surface area contributed by atoms with Crippen LogP contribution in [0.15, 0.2) is 18.2 Å². The zero-order chi connectivity index (χ0) is 14.9. The van der Waals surface area contributed by atoms with Crippen molar-refractivity contribution in [3.05, 3.63) is 29.6 Å². The Morgan fingerprint density at radius 2 is 2.15 bits per heavy atom. The highest BCUT2D eigenvalue weighted by Crippen LogP contribution is 2.38. The number of phenols is 1. The van der Waals surface area contributed by atoms with Crippen LogP contribution in [0.2, 0.25) is 0 Å². The van der Waals surface area contributed by atoms with Gasteiger partial charge in [-0.25, -0.2) is 4.39 Å². The van der Waals surface area contributed by atoms with E-state index in [0.717, 1.165) is 18.9 Å². The first-order chi connectivity index (χ1) is 9.36. The number of benzene rings is 1. The van der Waals surface area contributed by atoms with Gasteiger partial charge in [-0.3, -0.25) is 9.69 Å². The minimum Gasteiger partial charge on any atom is -0.508 e. The molecule has 0 saturated carbocycles. The third-order valence-corrected chi connectivity index (χ3v) is 4.32. The number of aliphatic carboxylic acids is 1. The predicted molar refractivity (Wildman–Crippen MR) is 73.1 cm³/mol. The highest BCUT2D eigenvalue weighted by atomic mass is 19.1. The summed E-state index contributed by atoms with van der Waals surface area (Å²) < 4.78 is 13.1. The number of hydrogen-bond donors (Lipinski definition) is 2. The Morgan fingerprint density at radius 3 is 2.75 bits per heavy atom. The number of carbonyl (C=O) groups is 1. The summed E-state index contributed by atoms with van der Waals surface area (Å²) in [7, 11) is 0. The molecule has 20 heavy (non-hydrogen) atoms.